The minimum Gasteiger partial charge on any atom is -0.478 e. The lowest BCUT2D eigenvalue weighted by molar-refractivity contribution is -0.120. The maximum Gasteiger partial charge on any atom is 0.338 e. The Morgan fingerprint density at radius 3 is 2.39 bits per heavy atom. The third-order valence-corrected chi connectivity index (χ3v) is 8.28. The summed E-state index contributed by atoms with van der Waals surface area (Å²) in [7, 11) is 2.05. The molecule has 2 amide bonds. The van der Waals surface area contributed by atoms with Gasteiger partial charge in [0.05, 0.1) is 29.4 Å². The molecule has 0 saturated carbocycles. The lowest BCUT2D eigenvalue weighted by atomic mass is 9.96. The molecule has 3 aromatic rings. The molecule has 41 heavy (non-hydrogen) atoms. The third kappa shape index (κ3) is 5.59. The predicted octanol–water partition coefficient (Wildman–Crippen LogP) is 4.85. The number of hydrogen-bond donors (Lipinski definition) is 3. The average molecular weight is 621 g/mol. The van der Waals surface area contributed by atoms with Crippen LogP contribution in [0.2, 0.25) is 0 Å². The summed E-state index contributed by atoms with van der Waals surface area (Å²) in [5.41, 5.74) is 10.2. The van der Waals surface area contributed by atoms with E-state index in [4.69, 9.17) is 5.73 Å². The maximum absolute atomic E-state index is 13.3. The molecule has 10 heteroatoms. The van der Waals surface area contributed by atoms with Gasteiger partial charge in [-0.3, -0.25) is 14.5 Å². The topological polar surface area (TPSA) is 121 Å². The Labute approximate surface area is 247 Å². The van der Waals surface area contributed by atoms with Crippen molar-refractivity contribution in [1.82, 2.24) is 14.4 Å². The van der Waals surface area contributed by atoms with E-state index in [1.54, 1.807) is 6.08 Å². The van der Waals surface area contributed by atoms with E-state index in [1.807, 2.05) is 66.9 Å². The van der Waals surface area contributed by atoms with Gasteiger partial charge in [0.15, 0.2) is 0 Å². The second kappa shape index (κ2) is 11.6. The molecular weight excluding hydrogens is 586 g/mol. The molecule has 0 aliphatic carbocycles. The first-order chi connectivity index (χ1) is 19.6. The van der Waals surface area contributed by atoms with Crippen molar-refractivity contribution in [2.24, 2.45) is 5.73 Å². The Bertz CT molecular complexity index is 1540. The maximum atomic E-state index is 13.3. The minimum absolute atomic E-state index is 0.00406. The largest absolute Gasteiger partial charge is 0.478 e. The number of benzene rings is 2. The number of carboxylic acids is 1. The van der Waals surface area contributed by atoms with E-state index >= 15 is 0 Å². The van der Waals surface area contributed by atoms with Gasteiger partial charge in [0.2, 0.25) is 5.91 Å². The average Bonchev–Trinajstić information content (AvgIpc) is 3.43. The van der Waals surface area contributed by atoms with Gasteiger partial charge in [-0.2, -0.15) is 0 Å². The fourth-order valence-electron chi connectivity index (χ4n) is 5.89. The number of primary amides is 1. The zero-order valence-electron chi connectivity index (χ0n) is 23.4. The summed E-state index contributed by atoms with van der Waals surface area (Å²) >= 11 is 3.51. The zero-order chi connectivity index (χ0) is 29.4. The standard InChI is InChI=1S/C31H34BrN5O4/c1-18(2)29-28(31(40)41)27(19-7-5-4-6-8-19)24(16-22-21-15-20(32)9-10-23(21)34-30(22)39)37(29)26(17-25(33)38)36-13-11-35(3)12-14-36/h4-10,15-16,18,26H,11-14,17H2,1-3H3,(H2,33,38)(H,34,39)(H,40,41). The SMILES string of the molecule is CC(C)c1c(C(=O)O)c(-c2ccccc2)c(C=C2C(=O)Nc3ccc(Br)cc32)n1C(CC(N)=O)N1CCN(C)CC1. The Kier molecular flexibility index (Phi) is 8.17. The lowest BCUT2D eigenvalue weighted by Crippen LogP contribution is -2.48. The highest BCUT2D eigenvalue weighted by atomic mass is 79.9. The highest BCUT2D eigenvalue weighted by Crippen LogP contribution is 2.43. The molecule has 2 aliphatic rings. The Hall–Kier alpha value is -3.73. The molecule has 0 spiro atoms. The van der Waals surface area contributed by atoms with Gasteiger partial charge in [-0.05, 0) is 42.8 Å². The van der Waals surface area contributed by atoms with E-state index in [-0.39, 0.29) is 23.8 Å². The summed E-state index contributed by atoms with van der Waals surface area (Å²) in [5.74, 6) is -2.04. The van der Waals surface area contributed by atoms with Gasteiger partial charge in [-0.25, -0.2) is 4.79 Å². The number of rotatable bonds is 8. The Morgan fingerprint density at radius 2 is 1.78 bits per heavy atom. The van der Waals surface area contributed by atoms with E-state index in [9.17, 15) is 19.5 Å². The third-order valence-electron chi connectivity index (χ3n) is 7.79. The molecule has 2 aliphatic heterocycles. The molecule has 214 valence electrons. The summed E-state index contributed by atoms with van der Waals surface area (Å²) < 4.78 is 2.78. The number of likely N-dealkylation sites (N-methyl/N-ethyl adjacent to an activating group) is 1. The zero-order valence-corrected chi connectivity index (χ0v) is 24.9. The normalized spacial score (nSPS) is 17.6. The molecule has 1 unspecified atom stereocenters. The number of hydrogen-bond acceptors (Lipinski definition) is 5. The van der Waals surface area contributed by atoms with E-state index in [0.717, 1.165) is 17.6 Å². The molecule has 1 aromatic heterocycles. The smallest absolute Gasteiger partial charge is 0.338 e. The number of aromatic nitrogens is 1. The van der Waals surface area contributed by atoms with Crippen LogP contribution in [-0.4, -0.2) is 70.5 Å². The van der Waals surface area contributed by atoms with Gasteiger partial charge in [0, 0.05) is 53.2 Å². The number of carbonyl (C=O) groups excluding carboxylic acids is 2. The van der Waals surface area contributed by atoms with Crippen LogP contribution in [0.15, 0.2) is 53.0 Å². The van der Waals surface area contributed by atoms with Gasteiger partial charge in [-0.1, -0.05) is 60.1 Å². The van der Waals surface area contributed by atoms with Gasteiger partial charge < -0.3 is 25.6 Å². The van der Waals surface area contributed by atoms with Crippen LogP contribution < -0.4 is 11.1 Å². The highest BCUT2D eigenvalue weighted by Gasteiger charge is 2.36. The second-order valence-electron chi connectivity index (χ2n) is 10.9. The number of piperazine rings is 1. The molecule has 1 atom stereocenters. The number of anilines is 1. The molecule has 9 nitrogen and oxygen atoms in total. The molecule has 0 radical (unpaired) electrons. The van der Waals surface area contributed by atoms with E-state index < -0.39 is 18.0 Å². The van der Waals surface area contributed by atoms with Crippen molar-refractivity contribution in [1.29, 1.82) is 0 Å². The van der Waals surface area contributed by atoms with Crippen molar-refractivity contribution >= 4 is 51.1 Å². The summed E-state index contributed by atoms with van der Waals surface area (Å²) in [6.07, 6.45) is 1.24. The van der Waals surface area contributed by atoms with Crippen molar-refractivity contribution in [3.63, 3.8) is 0 Å². The Balaban J connectivity index is 1.88. The minimum atomic E-state index is -1.07. The number of carboxylic acid groups (broad SMARTS) is 1. The number of halogens is 1. The molecule has 2 aromatic carbocycles. The van der Waals surface area contributed by atoms with Gasteiger partial charge in [0.25, 0.3) is 5.91 Å². The summed E-state index contributed by atoms with van der Waals surface area (Å²) in [4.78, 5) is 43.4. The van der Waals surface area contributed by atoms with Crippen molar-refractivity contribution < 1.29 is 19.5 Å². The van der Waals surface area contributed by atoms with Crippen LogP contribution in [-0.2, 0) is 9.59 Å². The van der Waals surface area contributed by atoms with Gasteiger partial charge in [0.1, 0.15) is 0 Å². The van der Waals surface area contributed by atoms with E-state index in [0.29, 0.717) is 52.4 Å². The first-order valence-electron chi connectivity index (χ1n) is 13.7. The van der Waals surface area contributed by atoms with Crippen molar-refractivity contribution in [2.45, 2.75) is 32.4 Å². The quantitative estimate of drug-likeness (QED) is 0.310. The molecule has 1 saturated heterocycles. The first-order valence-corrected chi connectivity index (χ1v) is 14.5. The van der Waals surface area contributed by atoms with Crippen LogP contribution in [0.4, 0.5) is 5.69 Å². The monoisotopic (exact) mass is 619 g/mol. The molecule has 0 bridgehead atoms. The summed E-state index contributed by atoms with van der Waals surface area (Å²) in [5, 5.41) is 13.6. The van der Waals surface area contributed by atoms with E-state index in [1.165, 1.54) is 0 Å². The molecule has 5 rings (SSSR count). The van der Waals surface area contributed by atoms with Gasteiger partial charge >= 0.3 is 5.97 Å². The number of amides is 2. The number of carbonyl (C=O) groups is 3. The van der Waals surface area contributed by atoms with Crippen LogP contribution in [0.1, 0.15) is 59.7 Å². The van der Waals surface area contributed by atoms with Gasteiger partial charge in [-0.15, -0.1) is 0 Å². The van der Waals surface area contributed by atoms with Crippen molar-refractivity contribution in [3.8, 4) is 11.1 Å². The molecule has 3 heterocycles. The molecule has 1 fully saturated rings. The summed E-state index contributed by atoms with van der Waals surface area (Å²) in [6.45, 7) is 6.85. The predicted molar refractivity (Wildman–Crippen MR) is 163 cm³/mol. The fraction of sp³-hybridized carbons (Fsp3) is 0.323. The van der Waals surface area contributed by atoms with E-state index in [2.05, 4.69) is 38.1 Å². The molecular formula is C31H34BrN5O4. The van der Waals surface area contributed by atoms with Crippen molar-refractivity contribution in [3.05, 3.63) is 75.5 Å². The summed E-state index contributed by atoms with van der Waals surface area (Å²) in [6, 6.07) is 14.9. The lowest BCUT2D eigenvalue weighted by Gasteiger charge is -2.40. The van der Waals surface area contributed by atoms with Crippen LogP contribution in [0.3, 0.4) is 0 Å². The first kappa shape index (κ1) is 28.8. The fourth-order valence-corrected chi connectivity index (χ4v) is 6.25. The number of nitrogens with one attached hydrogen (secondary N) is 1. The number of nitrogens with zero attached hydrogens (tertiary/aromatic N) is 3. The molecule has 4 N–H and O–H groups in total. The van der Waals surface area contributed by atoms with Crippen LogP contribution in [0.25, 0.3) is 22.8 Å². The highest BCUT2D eigenvalue weighted by molar-refractivity contribution is 9.10. The van der Waals surface area contributed by atoms with Crippen LogP contribution in [0, 0.1) is 0 Å². The number of aromatic carboxylic acids is 1. The second-order valence-corrected chi connectivity index (χ2v) is 11.8. The number of nitrogens with two attached hydrogens (primary N) is 1. The number of fused-ring (bicyclic) bond motifs is 1. The van der Waals surface area contributed by atoms with Crippen molar-refractivity contribution in [2.75, 3.05) is 38.5 Å². The van der Waals surface area contributed by atoms with Crippen LogP contribution in [0.5, 0.6) is 0 Å². The van der Waals surface area contributed by atoms with Crippen LogP contribution >= 0.6 is 15.9 Å². The Morgan fingerprint density at radius 1 is 1.10 bits per heavy atom.